The van der Waals surface area contributed by atoms with E-state index in [9.17, 15) is 9.18 Å². The summed E-state index contributed by atoms with van der Waals surface area (Å²) in [6.45, 7) is 2.54. The van der Waals surface area contributed by atoms with Crippen LogP contribution in [0.15, 0.2) is 18.2 Å². The van der Waals surface area contributed by atoms with Crippen LogP contribution < -0.4 is 5.32 Å². The van der Waals surface area contributed by atoms with Crippen LogP contribution in [0, 0.1) is 23.6 Å². The third kappa shape index (κ3) is 6.19. The van der Waals surface area contributed by atoms with Gasteiger partial charge in [-0.3, -0.25) is 4.79 Å². The molecule has 0 heterocycles. The normalized spacial score (nSPS) is 11.4. The summed E-state index contributed by atoms with van der Waals surface area (Å²) < 4.78 is 13.9. The molecule has 1 unspecified atom stereocenters. The number of aliphatic hydroxyl groups is 1. The molecule has 0 aliphatic carbocycles. The minimum atomic E-state index is -0.583. The smallest absolute Gasteiger partial charge is 0.254 e. The summed E-state index contributed by atoms with van der Waals surface area (Å²) in [6.07, 6.45) is 2.35. The molecule has 1 aromatic rings. The fraction of sp³-hybridized carbons (Fsp3) is 0.438. The monoisotopic (exact) mass is 309 g/mol. The standard InChI is InChI=1S/C16H20FNO2S/c1-12(11-21-2)10-18-16(20)14-7-6-13(9-15(14)17)5-3-4-8-19/h6-7,9,12,19H,4,8,10-11H2,1-2H3,(H,18,20). The van der Waals surface area contributed by atoms with Gasteiger partial charge in [-0.1, -0.05) is 18.8 Å². The lowest BCUT2D eigenvalue weighted by atomic mass is 10.1. The van der Waals surface area contributed by atoms with Crippen LogP contribution in [-0.4, -0.2) is 36.2 Å². The highest BCUT2D eigenvalue weighted by atomic mass is 32.2. The highest BCUT2D eigenvalue weighted by molar-refractivity contribution is 7.98. The van der Waals surface area contributed by atoms with Gasteiger partial charge in [0.1, 0.15) is 5.82 Å². The SMILES string of the molecule is CSCC(C)CNC(=O)c1ccc(C#CCCO)cc1F. The third-order valence-corrected chi connectivity index (χ3v) is 3.65. The molecule has 3 nitrogen and oxygen atoms in total. The fourth-order valence-electron chi connectivity index (χ4n) is 1.70. The van der Waals surface area contributed by atoms with Crippen LogP contribution in [0.25, 0.3) is 0 Å². The molecule has 0 aromatic heterocycles. The second-order valence-corrected chi connectivity index (χ2v) is 5.65. The Morgan fingerprint density at radius 3 is 2.90 bits per heavy atom. The van der Waals surface area contributed by atoms with Crippen molar-refractivity contribution in [1.82, 2.24) is 5.32 Å². The first-order valence-electron chi connectivity index (χ1n) is 6.75. The molecular formula is C16H20FNO2S. The summed E-state index contributed by atoms with van der Waals surface area (Å²) in [5.41, 5.74) is 0.521. The van der Waals surface area contributed by atoms with Crippen molar-refractivity contribution in [3.05, 3.63) is 35.1 Å². The van der Waals surface area contributed by atoms with Gasteiger partial charge in [-0.25, -0.2) is 4.39 Å². The van der Waals surface area contributed by atoms with Gasteiger partial charge in [0.2, 0.25) is 0 Å². The summed E-state index contributed by atoms with van der Waals surface area (Å²) in [5.74, 6) is 5.75. The Morgan fingerprint density at radius 1 is 1.52 bits per heavy atom. The van der Waals surface area contributed by atoms with Gasteiger partial charge < -0.3 is 10.4 Å². The molecule has 1 amide bonds. The van der Waals surface area contributed by atoms with Crippen LogP contribution in [0.5, 0.6) is 0 Å². The maximum Gasteiger partial charge on any atom is 0.254 e. The van der Waals surface area contributed by atoms with Gasteiger partial charge in [0.15, 0.2) is 0 Å². The predicted octanol–water partition coefficient (Wildman–Crippen LogP) is 2.29. The van der Waals surface area contributed by atoms with Crippen LogP contribution in [-0.2, 0) is 0 Å². The summed E-state index contributed by atoms with van der Waals surface area (Å²) in [4.78, 5) is 11.9. The number of hydrogen-bond acceptors (Lipinski definition) is 3. The Labute approximate surface area is 129 Å². The number of aliphatic hydroxyl groups excluding tert-OH is 1. The number of amides is 1. The molecule has 2 N–H and O–H groups in total. The van der Waals surface area contributed by atoms with Crippen LogP contribution in [0.4, 0.5) is 4.39 Å². The van der Waals surface area contributed by atoms with Gasteiger partial charge in [0.05, 0.1) is 12.2 Å². The van der Waals surface area contributed by atoms with E-state index in [0.717, 1.165) is 5.75 Å². The highest BCUT2D eigenvalue weighted by Crippen LogP contribution is 2.10. The van der Waals surface area contributed by atoms with E-state index in [-0.39, 0.29) is 12.2 Å². The van der Waals surface area contributed by atoms with Crippen molar-refractivity contribution in [3.63, 3.8) is 0 Å². The summed E-state index contributed by atoms with van der Waals surface area (Å²) in [6, 6.07) is 4.28. The van der Waals surface area contributed by atoms with E-state index in [4.69, 9.17) is 5.11 Å². The maximum atomic E-state index is 13.9. The lowest BCUT2D eigenvalue weighted by Crippen LogP contribution is -2.29. The fourth-order valence-corrected chi connectivity index (χ4v) is 2.39. The number of benzene rings is 1. The largest absolute Gasteiger partial charge is 0.395 e. The molecule has 0 fully saturated rings. The molecule has 114 valence electrons. The van der Waals surface area contributed by atoms with Crippen molar-refractivity contribution >= 4 is 17.7 Å². The number of halogens is 1. The first kappa shape index (κ1) is 17.5. The molecule has 0 aliphatic heterocycles. The summed E-state index contributed by atoms with van der Waals surface area (Å²) in [5, 5.41) is 11.4. The first-order chi connectivity index (χ1) is 10.1. The lowest BCUT2D eigenvalue weighted by Gasteiger charge is -2.11. The van der Waals surface area contributed by atoms with Crippen molar-refractivity contribution in [1.29, 1.82) is 0 Å². The zero-order valence-electron chi connectivity index (χ0n) is 12.3. The number of hydrogen-bond donors (Lipinski definition) is 2. The summed E-state index contributed by atoms with van der Waals surface area (Å²) >= 11 is 1.71. The van der Waals surface area contributed by atoms with Crippen LogP contribution in [0.2, 0.25) is 0 Å². The van der Waals surface area contributed by atoms with Crippen molar-refractivity contribution in [2.75, 3.05) is 25.2 Å². The zero-order valence-corrected chi connectivity index (χ0v) is 13.1. The van der Waals surface area contributed by atoms with Gasteiger partial charge in [0.25, 0.3) is 5.91 Å². The van der Waals surface area contributed by atoms with E-state index in [0.29, 0.717) is 24.4 Å². The predicted molar refractivity (Wildman–Crippen MR) is 84.9 cm³/mol. The van der Waals surface area contributed by atoms with Crippen molar-refractivity contribution in [2.45, 2.75) is 13.3 Å². The highest BCUT2D eigenvalue weighted by Gasteiger charge is 2.12. The Hall–Kier alpha value is -1.51. The van der Waals surface area contributed by atoms with E-state index < -0.39 is 11.7 Å². The molecule has 0 aliphatic rings. The third-order valence-electron chi connectivity index (χ3n) is 2.75. The first-order valence-corrected chi connectivity index (χ1v) is 8.14. The van der Waals surface area contributed by atoms with Gasteiger partial charge in [-0.05, 0) is 36.1 Å². The van der Waals surface area contributed by atoms with Crippen LogP contribution >= 0.6 is 11.8 Å². The van der Waals surface area contributed by atoms with Gasteiger partial charge in [-0.2, -0.15) is 11.8 Å². The van der Waals surface area contributed by atoms with Crippen molar-refractivity contribution in [3.8, 4) is 11.8 Å². The number of carbonyl (C=O) groups is 1. The second kappa shape index (κ2) is 9.43. The Morgan fingerprint density at radius 2 is 2.29 bits per heavy atom. The minimum absolute atomic E-state index is 0.0236. The van der Waals surface area contributed by atoms with Crippen molar-refractivity contribution < 1.29 is 14.3 Å². The molecule has 1 rings (SSSR count). The lowest BCUT2D eigenvalue weighted by molar-refractivity contribution is 0.0945. The maximum absolute atomic E-state index is 13.9. The molecule has 0 spiro atoms. The zero-order chi connectivity index (χ0) is 15.7. The van der Waals surface area contributed by atoms with Crippen LogP contribution in [0.1, 0.15) is 29.3 Å². The molecule has 1 atom stereocenters. The number of nitrogens with one attached hydrogen (secondary N) is 1. The Balaban J connectivity index is 2.67. The van der Waals surface area contributed by atoms with Gasteiger partial charge >= 0.3 is 0 Å². The average molecular weight is 309 g/mol. The molecule has 21 heavy (non-hydrogen) atoms. The quantitative estimate of drug-likeness (QED) is 0.793. The van der Waals surface area contributed by atoms with Gasteiger partial charge in [-0.15, -0.1) is 0 Å². The number of carbonyl (C=O) groups excluding carboxylic acids is 1. The molecular weight excluding hydrogens is 289 g/mol. The average Bonchev–Trinajstić information content (AvgIpc) is 2.45. The topological polar surface area (TPSA) is 49.3 Å². The van der Waals surface area contributed by atoms with Crippen molar-refractivity contribution in [2.24, 2.45) is 5.92 Å². The molecule has 0 saturated heterocycles. The van der Waals surface area contributed by atoms with E-state index in [1.165, 1.54) is 12.1 Å². The molecule has 0 bridgehead atoms. The van der Waals surface area contributed by atoms with E-state index >= 15 is 0 Å². The second-order valence-electron chi connectivity index (χ2n) is 4.74. The molecule has 0 saturated carbocycles. The van der Waals surface area contributed by atoms with Gasteiger partial charge in [0, 0.05) is 18.5 Å². The molecule has 1 aromatic carbocycles. The Bertz CT molecular complexity index is 537. The Kier molecular flexibility index (Phi) is 7.88. The van der Waals surface area contributed by atoms with E-state index in [1.54, 1.807) is 17.8 Å². The minimum Gasteiger partial charge on any atom is -0.395 e. The van der Waals surface area contributed by atoms with Crippen LogP contribution in [0.3, 0.4) is 0 Å². The number of thioether (sulfide) groups is 1. The summed E-state index contributed by atoms with van der Waals surface area (Å²) in [7, 11) is 0. The van der Waals surface area contributed by atoms with E-state index in [1.807, 2.05) is 13.2 Å². The molecule has 0 radical (unpaired) electrons. The van der Waals surface area contributed by atoms with E-state index in [2.05, 4.69) is 17.2 Å². The molecule has 5 heteroatoms. The number of rotatable bonds is 6.